The van der Waals surface area contributed by atoms with Gasteiger partial charge in [-0.2, -0.15) is 18.2 Å². The fourth-order valence-electron chi connectivity index (χ4n) is 3.12. The van der Waals surface area contributed by atoms with Crippen LogP contribution in [0, 0.1) is 5.92 Å². The van der Waals surface area contributed by atoms with Crippen LogP contribution in [0.4, 0.5) is 19.0 Å². The topological polar surface area (TPSA) is 41.5 Å². The van der Waals surface area contributed by atoms with Crippen molar-refractivity contribution in [3.8, 4) is 0 Å². The average molecular weight is 351 g/mol. The molecule has 23 heavy (non-hydrogen) atoms. The molecule has 2 fully saturated rings. The third-order valence-corrected chi connectivity index (χ3v) is 4.43. The highest BCUT2D eigenvalue weighted by molar-refractivity contribution is 6.28. The molecule has 0 saturated carbocycles. The number of anilines is 1. The Labute approximate surface area is 137 Å². The second-order valence-electron chi connectivity index (χ2n) is 5.89. The van der Waals surface area contributed by atoms with Gasteiger partial charge < -0.3 is 9.64 Å². The van der Waals surface area contributed by atoms with Gasteiger partial charge in [-0.3, -0.25) is 4.90 Å². The summed E-state index contributed by atoms with van der Waals surface area (Å²) in [7, 11) is 0. The lowest BCUT2D eigenvalue weighted by Gasteiger charge is -2.29. The minimum atomic E-state index is -4.48. The molecule has 3 rings (SSSR count). The highest BCUT2D eigenvalue weighted by Crippen LogP contribution is 2.37. The summed E-state index contributed by atoms with van der Waals surface area (Å²) < 4.78 is 44.7. The van der Waals surface area contributed by atoms with E-state index >= 15 is 0 Å². The third-order valence-electron chi connectivity index (χ3n) is 4.25. The zero-order chi connectivity index (χ0) is 16.4. The molecule has 3 heterocycles. The van der Waals surface area contributed by atoms with Crippen LogP contribution in [0.25, 0.3) is 0 Å². The summed E-state index contributed by atoms with van der Waals surface area (Å²) >= 11 is 5.70. The van der Waals surface area contributed by atoms with Crippen LogP contribution in [0.3, 0.4) is 0 Å². The highest BCUT2D eigenvalue weighted by atomic mass is 35.5. The van der Waals surface area contributed by atoms with Crippen molar-refractivity contribution in [2.75, 3.05) is 50.8 Å². The number of halogens is 4. The summed E-state index contributed by atoms with van der Waals surface area (Å²) in [6.07, 6.45) is -2.88. The van der Waals surface area contributed by atoms with E-state index in [2.05, 4.69) is 14.9 Å². The van der Waals surface area contributed by atoms with E-state index in [9.17, 15) is 13.2 Å². The second-order valence-corrected chi connectivity index (χ2v) is 6.23. The number of hydrogen-bond acceptors (Lipinski definition) is 5. The number of rotatable bonds is 3. The second kappa shape index (κ2) is 6.78. The monoisotopic (exact) mass is 350 g/mol. The first-order chi connectivity index (χ1) is 10.9. The first-order valence-electron chi connectivity index (χ1n) is 7.58. The molecule has 128 valence electrons. The zero-order valence-electron chi connectivity index (χ0n) is 12.5. The van der Waals surface area contributed by atoms with Crippen molar-refractivity contribution in [1.29, 1.82) is 0 Å². The van der Waals surface area contributed by atoms with Gasteiger partial charge in [0.1, 0.15) is 11.4 Å². The van der Waals surface area contributed by atoms with E-state index < -0.39 is 11.7 Å². The maximum Gasteiger partial charge on any atom is 0.421 e. The Bertz CT molecular complexity index is 551. The molecule has 0 aromatic carbocycles. The molecule has 0 bridgehead atoms. The van der Waals surface area contributed by atoms with Crippen LogP contribution in [0.2, 0.25) is 5.28 Å². The van der Waals surface area contributed by atoms with Gasteiger partial charge in [-0.1, -0.05) is 0 Å². The van der Waals surface area contributed by atoms with Gasteiger partial charge in [0.2, 0.25) is 5.28 Å². The highest BCUT2D eigenvalue weighted by Gasteiger charge is 2.38. The molecule has 0 aliphatic carbocycles. The molecular formula is C14H18ClF3N4O. The molecular weight excluding hydrogens is 333 g/mol. The molecule has 0 spiro atoms. The van der Waals surface area contributed by atoms with Gasteiger partial charge >= 0.3 is 6.18 Å². The fraction of sp³-hybridized carbons (Fsp3) is 0.714. The van der Waals surface area contributed by atoms with Crippen LogP contribution >= 0.6 is 11.6 Å². The standard InChI is InChI=1S/C14H18ClF3N4O/c15-13-19-7-11(14(16,17)18)12(20-13)22-2-1-10(9-22)8-21-3-5-23-6-4-21/h7,10H,1-6,8-9H2/t10-/m1/s1. The van der Waals surface area contributed by atoms with Crippen molar-refractivity contribution < 1.29 is 17.9 Å². The largest absolute Gasteiger partial charge is 0.421 e. The number of hydrogen-bond donors (Lipinski definition) is 0. The Kier molecular flexibility index (Phi) is 4.93. The number of alkyl halides is 3. The normalized spacial score (nSPS) is 23.5. The molecule has 0 radical (unpaired) electrons. The van der Waals surface area contributed by atoms with Crippen LogP contribution in [0.5, 0.6) is 0 Å². The predicted molar refractivity (Wildman–Crippen MR) is 79.6 cm³/mol. The van der Waals surface area contributed by atoms with Crippen molar-refractivity contribution >= 4 is 17.4 Å². The van der Waals surface area contributed by atoms with Gasteiger partial charge in [0.05, 0.1) is 13.2 Å². The van der Waals surface area contributed by atoms with Crippen molar-refractivity contribution in [3.05, 3.63) is 17.0 Å². The molecule has 1 aromatic rings. The van der Waals surface area contributed by atoms with E-state index in [1.165, 1.54) is 0 Å². The van der Waals surface area contributed by atoms with Crippen LogP contribution in [0.15, 0.2) is 6.20 Å². The molecule has 0 N–H and O–H groups in total. The van der Waals surface area contributed by atoms with Gasteiger partial charge in [0.15, 0.2) is 0 Å². The molecule has 9 heteroatoms. The van der Waals surface area contributed by atoms with Gasteiger partial charge in [-0.05, 0) is 23.9 Å². The molecule has 2 saturated heterocycles. The quantitative estimate of drug-likeness (QED) is 0.782. The van der Waals surface area contributed by atoms with E-state index in [-0.39, 0.29) is 11.1 Å². The van der Waals surface area contributed by atoms with Gasteiger partial charge in [0, 0.05) is 38.9 Å². The number of ether oxygens (including phenoxy) is 1. The van der Waals surface area contributed by atoms with Crippen LogP contribution in [0.1, 0.15) is 12.0 Å². The van der Waals surface area contributed by atoms with E-state index in [1.54, 1.807) is 4.90 Å². The molecule has 2 aliphatic rings. The summed E-state index contributed by atoms with van der Waals surface area (Å²) in [6, 6.07) is 0. The molecule has 1 atom stereocenters. The summed E-state index contributed by atoms with van der Waals surface area (Å²) in [5, 5.41) is -0.162. The van der Waals surface area contributed by atoms with Crippen molar-refractivity contribution in [2.45, 2.75) is 12.6 Å². The third kappa shape index (κ3) is 4.05. The summed E-state index contributed by atoms with van der Waals surface area (Å²) in [6.45, 7) is 5.17. The lowest BCUT2D eigenvalue weighted by atomic mass is 10.1. The molecule has 0 amide bonds. The van der Waals surface area contributed by atoms with E-state index in [0.717, 1.165) is 45.5 Å². The Morgan fingerprint density at radius 2 is 2.00 bits per heavy atom. The molecule has 2 aliphatic heterocycles. The zero-order valence-corrected chi connectivity index (χ0v) is 13.3. The number of aromatic nitrogens is 2. The lowest BCUT2D eigenvalue weighted by molar-refractivity contribution is -0.137. The van der Waals surface area contributed by atoms with E-state index in [1.807, 2.05) is 0 Å². The Balaban J connectivity index is 1.70. The first-order valence-corrected chi connectivity index (χ1v) is 7.96. The number of nitrogens with zero attached hydrogens (tertiary/aromatic N) is 4. The van der Waals surface area contributed by atoms with E-state index in [4.69, 9.17) is 16.3 Å². The van der Waals surface area contributed by atoms with Crippen LogP contribution in [-0.4, -0.2) is 60.8 Å². The van der Waals surface area contributed by atoms with Gasteiger partial charge in [-0.25, -0.2) is 4.98 Å². The first kappa shape index (κ1) is 16.7. The minimum absolute atomic E-state index is 0.109. The SMILES string of the molecule is FC(F)(F)c1cnc(Cl)nc1N1CC[C@H](CN2CCOCC2)C1. The lowest BCUT2D eigenvalue weighted by Crippen LogP contribution is -2.40. The Morgan fingerprint density at radius 1 is 1.26 bits per heavy atom. The predicted octanol–water partition coefficient (Wildman–Crippen LogP) is 2.31. The number of morpholine rings is 1. The van der Waals surface area contributed by atoms with Crippen molar-refractivity contribution in [1.82, 2.24) is 14.9 Å². The summed E-state index contributed by atoms with van der Waals surface area (Å²) in [4.78, 5) is 11.3. The Morgan fingerprint density at radius 3 is 2.70 bits per heavy atom. The maximum absolute atomic E-state index is 13.1. The molecule has 1 aromatic heterocycles. The smallest absolute Gasteiger partial charge is 0.379 e. The Hall–Kier alpha value is -1.12. The molecule has 5 nitrogen and oxygen atoms in total. The minimum Gasteiger partial charge on any atom is -0.379 e. The average Bonchev–Trinajstić information content (AvgIpc) is 2.95. The fourth-order valence-corrected chi connectivity index (χ4v) is 3.24. The van der Waals surface area contributed by atoms with E-state index in [0.29, 0.717) is 19.0 Å². The van der Waals surface area contributed by atoms with Crippen LogP contribution in [-0.2, 0) is 10.9 Å². The van der Waals surface area contributed by atoms with Gasteiger partial charge in [0.25, 0.3) is 0 Å². The molecule has 0 unspecified atom stereocenters. The van der Waals surface area contributed by atoms with Gasteiger partial charge in [-0.15, -0.1) is 0 Å². The maximum atomic E-state index is 13.1. The van der Waals surface area contributed by atoms with Crippen molar-refractivity contribution in [2.24, 2.45) is 5.92 Å². The van der Waals surface area contributed by atoms with Crippen LogP contribution < -0.4 is 4.90 Å². The van der Waals surface area contributed by atoms with Crippen molar-refractivity contribution in [3.63, 3.8) is 0 Å². The summed E-state index contributed by atoms with van der Waals surface area (Å²) in [5.74, 6) is 0.213. The summed E-state index contributed by atoms with van der Waals surface area (Å²) in [5.41, 5.74) is -0.825.